The lowest BCUT2D eigenvalue weighted by atomic mass is 9.95. The summed E-state index contributed by atoms with van der Waals surface area (Å²) in [5, 5.41) is 12.7. The third-order valence-corrected chi connectivity index (χ3v) is 3.28. The summed E-state index contributed by atoms with van der Waals surface area (Å²) < 4.78 is 10.9. The van der Waals surface area contributed by atoms with Crippen molar-refractivity contribution in [2.24, 2.45) is 0 Å². The molecule has 1 aromatic carbocycles. The van der Waals surface area contributed by atoms with Gasteiger partial charge in [0.15, 0.2) is 0 Å². The second-order valence-electron chi connectivity index (χ2n) is 6.26. The van der Waals surface area contributed by atoms with E-state index in [4.69, 9.17) is 9.47 Å². The summed E-state index contributed by atoms with van der Waals surface area (Å²) in [6.07, 6.45) is 0.668. The van der Waals surface area contributed by atoms with E-state index in [9.17, 15) is 9.90 Å². The molecule has 1 aliphatic rings. The van der Waals surface area contributed by atoms with E-state index < -0.39 is 6.09 Å². The Morgan fingerprint density at radius 3 is 2.95 bits per heavy atom. The zero-order valence-corrected chi connectivity index (χ0v) is 12.8. The molecule has 5 heteroatoms. The van der Waals surface area contributed by atoms with Gasteiger partial charge in [-0.3, -0.25) is 0 Å². The number of carbonyl (C=O) groups excluding carboxylic acids is 1. The van der Waals surface area contributed by atoms with Gasteiger partial charge in [0.25, 0.3) is 0 Å². The molecule has 0 radical (unpaired) electrons. The number of fused-ring (bicyclic) bond motifs is 1. The van der Waals surface area contributed by atoms with Gasteiger partial charge in [0.1, 0.15) is 5.75 Å². The lowest BCUT2D eigenvalue weighted by molar-refractivity contribution is 0.0201. The van der Waals surface area contributed by atoms with Gasteiger partial charge in [-0.2, -0.15) is 0 Å². The van der Waals surface area contributed by atoms with Crippen LogP contribution < -0.4 is 5.32 Å². The molecule has 2 rings (SSSR count). The van der Waals surface area contributed by atoms with E-state index in [0.717, 1.165) is 17.5 Å². The number of rotatable bonds is 3. The first-order valence-corrected chi connectivity index (χ1v) is 7.24. The monoisotopic (exact) mass is 293 g/mol. The molecule has 0 fully saturated rings. The first-order valence-electron chi connectivity index (χ1n) is 7.24. The van der Waals surface area contributed by atoms with E-state index in [1.165, 1.54) is 0 Å². The van der Waals surface area contributed by atoms with Gasteiger partial charge >= 0.3 is 6.09 Å². The highest BCUT2D eigenvalue weighted by molar-refractivity contribution is 5.68. The summed E-state index contributed by atoms with van der Waals surface area (Å²) in [7, 11) is 0. The highest BCUT2D eigenvalue weighted by Gasteiger charge is 2.24. The largest absolute Gasteiger partial charge is 0.508 e. The molecular weight excluding hydrogens is 270 g/mol. The van der Waals surface area contributed by atoms with E-state index in [1.807, 2.05) is 32.9 Å². The number of phenols is 1. The lowest BCUT2D eigenvalue weighted by Crippen LogP contribution is -2.41. The molecular formula is C16H23NO4. The average Bonchev–Trinajstić information content (AvgIpc) is 2.37. The molecule has 1 atom stereocenters. The summed E-state index contributed by atoms with van der Waals surface area (Å²) in [6, 6.07) is 5.50. The van der Waals surface area contributed by atoms with Crippen LogP contribution in [-0.4, -0.2) is 30.0 Å². The highest BCUT2D eigenvalue weighted by atomic mass is 16.6. The molecule has 0 saturated carbocycles. The molecule has 1 heterocycles. The summed E-state index contributed by atoms with van der Waals surface area (Å²) in [4.78, 5) is 11.6. The molecule has 0 aliphatic carbocycles. The Hall–Kier alpha value is -1.75. The summed E-state index contributed by atoms with van der Waals surface area (Å²) >= 11 is 0. The number of nitrogens with one attached hydrogen (secondary N) is 1. The maximum Gasteiger partial charge on any atom is 0.407 e. The number of hydrogen-bond acceptors (Lipinski definition) is 4. The Morgan fingerprint density at radius 2 is 2.24 bits per heavy atom. The number of amides is 1. The van der Waals surface area contributed by atoms with Crippen LogP contribution in [0.25, 0.3) is 0 Å². The molecule has 1 aromatic rings. The first-order chi connectivity index (χ1) is 9.87. The maximum atomic E-state index is 11.6. The predicted molar refractivity (Wildman–Crippen MR) is 79.4 cm³/mol. The van der Waals surface area contributed by atoms with Crippen LogP contribution in [0.5, 0.6) is 5.75 Å². The zero-order chi connectivity index (χ0) is 15.5. The van der Waals surface area contributed by atoms with E-state index in [1.54, 1.807) is 6.07 Å². The van der Waals surface area contributed by atoms with Crippen molar-refractivity contribution in [3.63, 3.8) is 0 Å². The topological polar surface area (TPSA) is 67.8 Å². The van der Waals surface area contributed by atoms with Crippen molar-refractivity contribution in [2.75, 3.05) is 13.2 Å². The van der Waals surface area contributed by atoms with Gasteiger partial charge in [-0.1, -0.05) is 12.1 Å². The first kappa shape index (κ1) is 15.6. The molecule has 1 amide bonds. The van der Waals surface area contributed by atoms with Crippen LogP contribution in [0.1, 0.15) is 44.4 Å². The number of alkyl carbamates (subject to hydrolysis) is 1. The third-order valence-electron chi connectivity index (χ3n) is 3.28. The van der Waals surface area contributed by atoms with Crippen LogP contribution in [0.2, 0.25) is 0 Å². The van der Waals surface area contributed by atoms with Crippen molar-refractivity contribution < 1.29 is 19.4 Å². The molecule has 0 spiro atoms. The highest BCUT2D eigenvalue weighted by Crippen LogP contribution is 2.35. The van der Waals surface area contributed by atoms with Crippen molar-refractivity contribution in [3.05, 3.63) is 29.3 Å². The Balaban J connectivity index is 1.90. The van der Waals surface area contributed by atoms with Gasteiger partial charge in [0.05, 0.1) is 19.3 Å². The number of phenolic OH excluding ortho intramolecular Hbond substituents is 1. The Kier molecular flexibility index (Phi) is 4.73. The van der Waals surface area contributed by atoms with Crippen LogP contribution >= 0.6 is 0 Å². The molecule has 1 unspecified atom stereocenters. The fourth-order valence-electron chi connectivity index (χ4n) is 2.41. The van der Waals surface area contributed by atoms with E-state index >= 15 is 0 Å². The molecule has 0 aromatic heterocycles. The standard InChI is InChI=1S/C16H23NO4/c1-16(2,3)17-15(19)21-10-8-13-14-11(7-9-20-13)5-4-6-12(14)18/h4-6,13,18H,7-10H2,1-3H3,(H,17,19). The van der Waals surface area contributed by atoms with Crippen LogP contribution in [-0.2, 0) is 15.9 Å². The van der Waals surface area contributed by atoms with Gasteiger partial charge < -0.3 is 19.9 Å². The molecule has 116 valence electrons. The predicted octanol–water partition coefficient (Wildman–Crippen LogP) is 2.92. The fourth-order valence-corrected chi connectivity index (χ4v) is 2.41. The molecule has 0 saturated heterocycles. The molecule has 2 N–H and O–H groups in total. The smallest absolute Gasteiger partial charge is 0.407 e. The Bertz CT molecular complexity index is 507. The lowest BCUT2D eigenvalue weighted by Gasteiger charge is -2.27. The minimum Gasteiger partial charge on any atom is -0.508 e. The average molecular weight is 293 g/mol. The summed E-state index contributed by atoms with van der Waals surface area (Å²) in [5.74, 6) is 0.247. The Labute approximate surface area is 125 Å². The summed E-state index contributed by atoms with van der Waals surface area (Å²) in [5.41, 5.74) is 1.61. The number of benzene rings is 1. The van der Waals surface area contributed by atoms with Gasteiger partial charge in [0, 0.05) is 17.5 Å². The van der Waals surface area contributed by atoms with Gasteiger partial charge in [-0.05, 0) is 38.8 Å². The fraction of sp³-hybridized carbons (Fsp3) is 0.562. The van der Waals surface area contributed by atoms with E-state index in [0.29, 0.717) is 13.0 Å². The van der Waals surface area contributed by atoms with Crippen molar-refractivity contribution >= 4 is 6.09 Å². The normalized spacial score (nSPS) is 18.0. The van der Waals surface area contributed by atoms with Crippen LogP contribution in [0.3, 0.4) is 0 Å². The van der Waals surface area contributed by atoms with Gasteiger partial charge in [-0.25, -0.2) is 4.79 Å². The number of carbonyl (C=O) groups is 1. The number of aromatic hydroxyl groups is 1. The van der Waals surface area contributed by atoms with Gasteiger partial charge in [-0.15, -0.1) is 0 Å². The summed E-state index contributed by atoms with van der Waals surface area (Å²) in [6.45, 7) is 6.56. The number of ether oxygens (including phenoxy) is 2. The van der Waals surface area contributed by atoms with Crippen LogP contribution in [0.15, 0.2) is 18.2 Å². The van der Waals surface area contributed by atoms with Crippen LogP contribution in [0.4, 0.5) is 4.79 Å². The third kappa shape index (κ3) is 4.36. The molecule has 5 nitrogen and oxygen atoms in total. The van der Waals surface area contributed by atoms with Gasteiger partial charge in [0.2, 0.25) is 0 Å². The van der Waals surface area contributed by atoms with E-state index in [2.05, 4.69) is 5.32 Å². The zero-order valence-electron chi connectivity index (χ0n) is 12.8. The second kappa shape index (κ2) is 6.35. The molecule has 1 aliphatic heterocycles. The SMILES string of the molecule is CC(C)(C)NC(=O)OCCC1OCCc2cccc(O)c21. The minimum absolute atomic E-state index is 0.225. The van der Waals surface area contributed by atoms with Crippen molar-refractivity contribution in [1.82, 2.24) is 5.32 Å². The van der Waals surface area contributed by atoms with Crippen molar-refractivity contribution in [3.8, 4) is 5.75 Å². The quantitative estimate of drug-likeness (QED) is 0.899. The van der Waals surface area contributed by atoms with Crippen LogP contribution in [0, 0.1) is 0 Å². The maximum absolute atomic E-state index is 11.6. The number of hydrogen-bond donors (Lipinski definition) is 2. The molecule has 0 bridgehead atoms. The molecule has 21 heavy (non-hydrogen) atoms. The second-order valence-corrected chi connectivity index (χ2v) is 6.26. The van der Waals surface area contributed by atoms with E-state index in [-0.39, 0.29) is 24.0 Å². The van der Waals surface area contributed by atoms with Crippen molar-refractivity contribution in [2.45, 2.75) is 45.3 Å². The Morgan fingerprint density at radius 1 is 1.48 bits per heavy atom. The van der Waals surface area contributed by atoms with Crippen molar-refractivity contribution in [1.29, 1.82) is 0 Å². The minimum atomic E-state index is -0.434.